The molecule has 2 fully saturated rings. The Morgan fingerprint density at radius 1 is 1.28 bits per heavy atom. The molecule has 1 aromatic carbocycles. The van der Waals surface area contributed by atoms with Crippen LogP contribution in [0.25, 0.3) is 0 Å². The monoisotopic (exact) mass is 269 g/mol. The first-order valence-corrected chi connectivity index (χ1v) is 6.89. The highest BCUT2D eigenvalue weighted by atomic mass is 35.5. The zero-order chi connectivity index (χ0) is 12.7. The van der Waals surface area contributed by atoms with Crippen LogP contribution in [-0.4, -0.2) is 28.2 Å². The predicted molar refractivity (Wildman–Crippen MR) is 69.0 cm³/mol. The lowest BCUT2D eigenvalue weighted by Gasteiger charge is -2.37. The van der Waals surface area contributed by atoms with Crippen molar-refractivity contribution in [1.29, 1.82) is 0 Å². The topological polar surface area (TPSA) is 23.5 Å². The lowest BCUT2D eigenvalue weighted by atomic mass is 9.99. The quantitative estimate of drug-likeness (QED) is 0.892. The second-order valence-electron chi connectivity index (χ2n) is 5.42. The van der Waals surface area contributed by atoms with Gasteiger partial charge in [0.05, 0.1) is 6.10 Å². The summed E-state index contributed by atoms with van der Waals surface area (Å²) in [5, 5.41) is 10.3. The molecule has 2 bridgehead atoms. The van der Waals surface area contributed by atoms with E-state index >= 15 is 0 Å². The van der Waals surface area contributed by atoms with E-state index in [2.05, 4.69) is 4.90 Å². The molecule has 18 heavy (non-hydrogen) atoms. The smallest absolute Gasteiger partial charge is 0.127 e. The SMILES string of the molecule is OC1CC2CCC(C1)N2Cc1cc(Cl)ccc1F. The number of nitrogens with zero attached hydrogens (tertiary/aromatic N) is 1. The minimum absolute atomic E-state index is 0.178. The van der Waals surface area contributed by atoms with E-state index in [4.69, 9.17) is 11.6 Å². The summed E-state index contributed by atoms with van der Waals surface area (Å²) in [6.45, 7) is 0.606. The Balaban J connectivity index is 1.79. The van der Waals surface area contributed by atoms with E-state index in [1.54, 1.807) is 12.1 Å². The van der Waals surface area contributed by atoms with Crippen LogP contribution in [0, 0.1) is 5.82 Å². The Bertz CT molecular complexity index is 439. The number of rotatable bonds is 2. The van der Waals surface area contributed by atoms with Gasteiger partial charge in [0.2, 0.25) is 0 Å². The highest BCUT2D eigenvalue weighted by Crippen LogP contribution is 2.37. The van der Waals surface area contributed by atoms with Crippen molar-refractivity contribution in [2.75, 3.05) is 0 Å². The summed E-state index contributed by atoms with van der Waals surface area (Å²) in [5.74, 6) is -0.190. The molecule has 0 saturated carbocycles. The molecule has 2 aliphatic rings. The standard InChI is InChI=1S/C14H17ClFNO/c15-10-1-4-14(16)9(5-10)8-17-11-2-3-12(17)7-13(18)6-11/h1,4-5,11-13,18H,2-3,6-8H2. The maximum atomic E-state index is 13.7. The van der Waals surface area contributed by atoms with Crippen LogP contribution in [0.1, 0.15) is 31.2 Å². The van der Waals surface area contributed by atoms with E-state index in [0.717, 1.165) is 25.7 Å². The molecule has 98 valence electrons. The van der Waals surface area contributed by atoms with E-state index in [-0.39, 0.29) is 11.9 Å². The van der Waals surface area contributed by atoms with E-state index in [0.29, 0.717) is 29.2 Å². The number of benzene rings is 1. The maximum absolute atomic E-state index is 13.7. The summed E-state index contributed by atoms with van der Waals surface area (Å²) in [6, 6.07) is 5.52. The summed E-state index contributed by atoms with van der Waals surface area (Å²) >= 11 is 5.92. The van der Waals surface area contributed by atoms with Gasteiger partial charge in [-0.2, -0.15) is 0 Å². The third kappa shape index (κ3) is 2.27. The van der Waals surface area contributed by atoms with Crippen molar-refractivity contribution in [1.82, 2.24) is 4.90 Å². The number of piperidine rings is 1. The Labute approximate surface area is 111 Å². The van der Waals surface area contributed by atoms with Crippen LogP contribution in [0.2, 0.25) is 5.02 Å². The molecule has 2 atom stereocenters. The number of aliphatic hydroxyl groups is 1. The number of hydrogen-bond donors (Lipinski definition) is 1. The van der Waals surface area contributed by atoms with E-state index in [1.165, 1.54) is 6.07 Å². The molecular formula is C14H17ClFNO. The summed E-state index contributed by atoms with van der Waals surface area (Å²) < 4.78 is 13.7. The van der Waals surface area contributed by atoms with Crippen molar-refractivity contribution in [3.8, 4) is 0 Å². The van der Waals surface area contributed by atoms with Gasteiger partial charge in [0.15, 0.2) is 0 Å². The first-order valence-electron chi connectivity index (χ1n) is 6.51. The van der Waals surface area contributed by atoms with Crippen molar-refractivity contribution < 1.29 is 9.50 Å². The number of halogens is 2. The fraction of sp³-hybridized carbons (Fsp3) is 0.571. The van der Waals surface area contributed by atoms with Gasteiger partial charge in [0, 0.05) is 29.2 Å². The van der Waals surface area contributed by atoms with E-state index in [9.17, 15) is 9.50 Å². The molecule has 3 rings (SSSR count). The molecule has 2 saturated heterocycles. The Morgan fingerprint density at radius 2 is 1.94 bits per heavy atom. The lowest BCUT2D eigenvalue weighted by Crippen LogP contribution is -2.44. The third-order valence-electron chi connectivity index (χ3n) is 4.22. The van der Waals surface area contributed by atoms with E-state index in [1.807, 2.05) is 0 Å². The van der Waals surface area contributed by atoms with Crippen LogP contribution < -0.4 is 0 Å². The summed E-state index contributed by atoms with van der Waals surface area (Å²) in [4.78, 5) is 2.33. The van der Waals surface area contributed by atoms with Crippen molar-refractivity contribution in [2.24, 2.45) is 0 Å². The van der Waals surface area contributed by atoms with Crippen LogP contribution >= 0.6 is 11.6 Å². The van der Waals surface area contributed by atoms with Crippen molar-refractivity contribution in [3.63, 3.8) is 0 Å². The van der Waals surface area contributed by atoms with Crippen molar-refractivity contribution in [3.05, 3.63) is 34.6 Å². The van der Waals surface area contributed by atoms with Crippen LogP contribution in [0.3, 0.4) is 0 Å². The maximum Gasteiger partial charge on any atom is 0.127 e. The van der Waals surface area contributed by atoms with Crippen LogP contribution in [0.15, 0.2) is 18.2 Å². The van der Waals surface area contributed by atoms with Gasteiger partial charge >= 0.3 is 0 Å². The van der Waals surface area contributed by atoms with Gasteiger partial charge in [0.25, 0.3) is 0 Å². The molecule has 2 aliphatic heterocycles. The van der Waals surface area contributed by atoms with Crippen LogP contribution in [0.5, 0.6) is 0 Å². The van der Waals surface area contributed by atoms with Gasteiger partial charge in [-0.05, 0) is 43.9 Å². The fourth-order valence-electron chi connectivity index (χ4n) is 3.36. The summed E-state index contributed by atoms with van der Waals surface area (Å²) in [5.41, 5.74) is 0.663. The number of fused-ring (bicyclic) bond motifs is 2. The third-order valence-corrected chi connectivity index (χ3v) is 4.46. The second kappa shape index (κ2) is 4.80. The molecule has 0 radical (unpaired) electrons. The van der Waals surface area contributed by atoms with Crippen LogP contribution in [-0.2, 0) is 6.54 Å². The van der Waals surface area contributed by atoms with Crippen molar-refractivity contribution in [2.45, 2.75) is 50.4 Å². The fourth-order valence-corrected chi connectivity index (χ4v) is 3.56. The zero-order valence-corrected chi connectivity index (χ0v) is 10.9. The Morgan fingerprint density at radius 3 is 2.61 bits per heavy atom. The van der Waals surface area contributed by atoms with Gasteiger partial charge in [0.1, 0.15) is 5.82 Å². The number of hydrogen-bond acceptors (Lipinski definition) is 2. The number of aliphatic hydroxyl groups excluding tert-OH is 1. The normalized spacial score (nSPS) is 31.8. The molecule has 2 heterocycles. The average molecular weight is 270 g/mol. The zero-order valence-electron chi connectivity index (χ0n) is 10.1. The highest BCUT2D eigenvalue weighted by Gasteiger charge is 2.40. The first kappa shape index (κ1) is 12.4. The Kier molecular flexibility index (Phi) is 3.31. The molecular weight excluding hydrogens is 253 g/mol. The van der Waals surface area contributed by atoms with Gasteiger partial charge < -0.3 is 5.11 Å². The van der Waals surface area contributed by atoms with Gasteiger partial charge in [-0.15, -0.1) is 0 Å². The van der Waals surface area contributed by atoms with E-state index < -0.39 is 0 Å². The second-order valence-corrected chi connectivity index (χ2v) is 5.85. The van der Waals surface area contributed by atoms with Gasteiger partial charge in [-0.25, -0.2) is 4.39 Å². The van der Waals surface area contributed by atoms with Gasteiger partial charge in [-0.1, -0.05) is 11.6 Å². The van der Waals surface area contributed by atoms with Gasteiger partial charge in [-0.3, -0.25) is 4.90 Å². The largest absolute Gasteiger partial charge is 0.393 e. The lowest BCUT2D eigenvalue weighted by molar-refractivity contribution is 0.0305. The summed E-state index contributed by atoms with van der Waals surface area (Å²) in [7, 11) is 0. The molecule has 0 aliphatic carbocycles. The summed E-state index contributed by atoms with van der Waals surface area (Å²) in [6.07, 6.45) is 3.69. The molecule has 4 heteroatoms. The molecule has 2 unspecified atom stereocenters. The van der Waals surface area contributed by atoms with Crippen LogP contribution in [0.4, 0.5) is 4.39 Å². The van der Waals surface area contributed by atoms with Crippen molar-refractivity contribution >= 4 is 11.6 Å². The molecule has 2 nitrogen and oxygen atoms in total. The predicted octanol–water partition coefficient (Wildman–Crippen LogP) is 2.97. The average Bonchev–Trinajstić information content (AvgIpc) is 2.57. The minimum atomic E-state index is -0.190. The molecule has 0 amide bonds. The molecule has 1 aromatic rings. The molecule has 1 N–H and O–H groups in total. The molecule has 0 spiro atoms. The highest BCUT2D eigenvalue weighted by molar-refractivity contribution is 6.30. The minimum Gasteiger partial charge on any atom is -0.393 e. The Hall–Kier alpha value is -0.640. The molecule has 0 aromatic heterocycles. The first-order chi connectivity index (χ1) is 8.63.